The van der Waals surface area contributed by atoms with Crippen molar-refractivity contribution in [3.05, 3.63) is 47.6 Å². The lowest BCUT2D eigenvalue weighted by molar-refractivity contribution is 0.627. The van der Waals surface area contributed by atoms with E-state index in [1.54, 1.807) is 12.1 Å². The highest BCUT2D eigenvalue weighted by Gasteiger charge is 2.00. The van der Waals surface area contributed by atoms with Crippen molar-refractivity contribution in [1.82, 2.24) is 15.3 Å². The van der Waals surface area contributed by atoms with Crippen molar-refractivity contribution >= 4 is 23.1 Å². The molecule has 1 radical (unpaired) electrons. The molecular formula is C10H6ClFN3. The number of halogens is 2. The lowest BCUT2D eigenvalue weighted by atomic mass is 10.3. The Morgan fingerprint density at radius 1 is 1.13 bits per heavy atom. The standard InChI is InChI=1S/C10H6ClFN3/c11-9-5-13-6-10(15-9)14-8-3-1-7(12)2-4-8/h1-6H. The van der Waals surface area contributed by atoms with Crippen molar-refractivity contribution in [3.8, 4) is 0 Å². The van der Waals surface area contributed by atoms with Gasteiger partial charge in [0.2, 0.25) is 0 Å². The second kappa shape index (κ2) is 4.23. The summed E-state index contributed by atoms with van der Waals surface area (Å²) < 4.78 is 12.6. The van der Waals surface area contributed by atoms with Gasteiger partial charge in [-0.2, -0.15) is 0 Å². The van der Waals surface area contributed by atoms with Crippen LogP contribution in [0.25, 0.3) is 0 Å². The highest BCUT2D eigenvalue weighted by Crippen LogP contribution is 2.15. The molecule has 0 aliphatic heterocycles. The fourth-order valence-corrected chi connectivity index (χ4v) is 1.18. The summed E-state index contributed by atoms with van der Waals surface area (Å²) in [5.41, 5.74) is 0.605. The van der Waals surface area contributed by atoms with Crippen LogP contribution in [0.2, 0.25) is 5.15 Å². The first-order valence-corrected chi connectivity index (χ1v) is 4.57. The van der Waals surface area contributed by atoms with Crippen LogP contribution in [-0.2, 0) is 0 Å². The third kappa shape index (κ3) is 2.63. The normalized spacial score (nSPS) is 10.0. The first-order chi connectivity index (χ1) is 7.24. The third-order valence-corrected chi connectivity index (χ3v) is 1.84. The van der Waals surface area contributed by atoms with Crippen molar-refractivity contribution in [2.75, 3.05) is 0 Å². The Balaban J connectivity index is 2.18. The summed E-state index contributed by atoms with van der Waals surface area (Å²) in [6, 6.07) is 5.77. The smallest absolute Gasteiger partial charge is 0.172 e. The van der Waals surface area contributed by atoms with Crippen molar-refractivity contribution in [2.45, 2.75) is 0 Å². The molecule has 75 valence electrons. The van der Waals surface area contributed by atoms with Crippen molar-refractivity contribution in [2.24, 2.45) is 0 Å². The topological polar surface area (TPSA) is 39.9 Å². The van der Waals surface area contributed by atoms with E-state index in [4.69, 9.17) is 11.6 Å². The van der Waals surface area contributed by atoms with Gasteiger partial charge < -0.3 is 0 Å². The summed E-state index contributed by atoms with van der Waals surface area (Å²) in [5.74, 6) is 0.0974. The van der Waals surface area contributed by atoms with E-state index in [9.17, 15) is 4.39 Å². The Bertz CT molecular complexity index is 458. The van der Waals surface area contributed by atoms with Crippen LogP contribution in [0.5, 0.6) is 0 Å². The highest BCUT2D eigenvalue weighted by atomic mass is 35.5. The third-order valence-electron chi connectivity index (χ3n) is 1.66. The largest absolute Gasteiger partial charge is 0.258 e. The lowest BCUT2D eigenvalue weighted by Crippen LogP contribution is -1.93. The summed E-state index contributed by atoms with van der Waals surface area (Å²) in [6.45, 7) is 0. The predicted molar refractivity (Wildman–Crippen MR) is 54.9 cm³/mol. The first-order valence-electron chi connectivity index (χ1n) is 4.19. The minimum atomic E-state index is -0.300. The summed E-state index contributed by atoms with van der Waals surface area (Å²) in [5, 5.41) is 4.39. The Kier molecular flexibility index (Phi) is 2.78. The van der Waals surface area contributed by atoms with Crippen LogP contribution in [0.1, 0.15) is 0 Å². The number of hydrogen-bond donors (Lipinski definition) is 0. The SMILES string of the molecule is Fc1ccc([N]c2cncc(Cl)n2)cc1. The molecule has 0 unspecified atom stereocenters. The predicted octanol–water partition coefficient (Wildman–Crippen LogP) is 2.84. The lowest BCUT2D eigenvalue weighted by Gasteiger charge is -2.01. The van der Waals surface area contributed by atoms with Crippen LogP contribution in [0.3, 0.4) is 0 Å². The molecule has 0 N–H and O–H groups in total. The van der Waals surface area contributed by atoms with Gasteiger partial charge in [-0.05, 0) is 24.3 Å². The molecule has 0 atom stereocenters. The number of hydrogen-bond acceptors (Lipinski definition) is 2. The monoisotopic (exact) mass is 222 g/mol. The molecule has 0 aliphatic carbocycles. The number of benzene rings is 1. The Morgan fingerprint density at radius 2 is 1.87 bits per heavy atom. The highest BCUT2D eigenvalue weighted by molar-refractivity contribution is 6.29. The maximum absolute atomic E-state index is 12.6. The Morgan fingerprint density at radius 3 is 2.53 bits per heavy atom. The van der Waals surface area contributed by atoms with Crippen molar-refractivity contribution < 1.29 is 4.39 Å². The number of nitrogens with zero attached hydrogens (tertiary/aromatic N) is 3. The van der Waals surface area contributed by atoms with E-state index in [2.05, 4.69) is 15.3 Å². The molecular weight excluding hydrogens is 217 g/mol. The van der Waals surface area contributed by atoms with Crippen LogP contribution < -0.4 is 5.32 Å². The molecule has 2 rings (SSSR count). The van der Waals surface area contributed by atoms with Gasteiger partial charge in [-0.1, -0.05) is 11.6 Å². The summed E-state index contributed by atoms with van der Waals surface area (Å²) in [4.78, 5) is 7.77. The van der Waals surface area contributed by atoms with E-state index in [0.29, 0.717) is 11.5 Å². The number of aromatic nitrogens is 2. The van der Waals surface area contributed by atoms with Gasteiger partial charge in [0.25, 0.3) is 0 Å². The van der Waals surface area contributed by atoms with E-state index < -0.39 is 0 Å². The van der Waals surface area contributed by atoms with Crippen LogP contribution >= 0.6 is 11.6 Å². The van der Waals surface area contributed by atoms with Gasteiger partial charge >= 0.3 is 0 Å². The molecule has 0 aliphatic rings. The van der Waals surface area contributed by atoms with Crippen LogP contribution in [-0.4, -0.2) is 9.97 Å². The van der Waals surface area contributed by atoms with Gasteiger partial charge in [0, 0.05) is 0 Å². The maximum Gasteiger partial charge on any atom is 0.172 e. The quantitative estimate of drug-likeness (QED) is 0.784. The molecule has 2 aromatic rings. The zero-order valence-corrected chi connectivity index (χ0v) is 8.32. The molecule has 0 spiro atoms. The molecule has 5 heteroatoms. The molecule has 0 saturated carbocycles. The second-order valence-corrected chi connectivity index (χ2v) is 3.18. The van der Waals surface area contributed by atoms with Crippen molar-refractivity contribution in [3.63, 3.8) is 0 Å². The van der Waals surface area contributed by atoms with Crippen LogP contribution in [0.15, 0.2) is 36.7 Å². The van der Waals surface area contributed by atoms with Gasteiger partial charge in [-0.25, -0.2) is 14.7 Å². The molecule has 0 saturated heterocycles. The molecule has 0 bridgehead atoms. The van der Waals surface area contributed by atoms with E-state index >= 15 is 0 Å². The first kappa shape index (κ1) is 9.86. The average molecular weight is 223 g/mol. The fraction of sp³-hybridized carbons (Fsp3) is 0. The maximum atomic E-state index is 12.6. The van der Waals surface area contributed by atoms with E-state index in [1.807, 2.05) is 0 Å². The second-order valence-electron chi connectivity index (χ2n) is 2.79. The molecule has 1 aromatic heterocycles. The van der Waals surface area contributed by atoms with E-state index in [1.165, 1.54) is 24.5 Å². The minimum absolute atomic E-state index is 0.276. The Hall–Kier alpha value is -1.68. The molecule has 0 fully saturated rings. The summed E-state index contributed by atoms with van der Waals surface area (Å²) in [6.07, 6.45) is 2.90. The number of rotatable bonds is 2. The van der Waals surface area contributed by atoms with Gasteiger partial charge in [-0.15, -0.1) is 0 Å². The van der Waals surface area contributed by atoms with Crippen LogP contribution in [0.4, 0.5) is 15.9 Å². The summed E-state index contributed by atoms with van der Waals surface area (Å²) >= 11 is 5.64. The average Bonchev–Trinajstić information content (AvgIpc) is 2.22. The zero-order valence-electron chi connectivity index (χ0n) is 7.56. The van der Waals surface area contributed by atoms with Gasteiger partial charge in [0.1, 0.15) is 11.0 Å². The summed E-state index contributed by atoms with van der Waals surface area (Å²) in [7, 11) is 0. The van der Waals surface area contributed by atoms with E-state index in [0.717, 1.165) is 0 Å². The minimum Gasteiger partial charge on any atom is -0.258 e. The fourth-order valence-electron chi connectivity index (χ4n) is 1.03. The van der Waals surface area contributed by atoms with Gasteiger partial charge in [0.05, 0.1) is 18.1 Å². The van der Waals surface area contributed by atoms with E-state index in [-0.39, 0.29) is 11.0 Å². The van der Waals surface area contributed by atoms with Crippen LogP contribution in [0, 0.1) is 5.82 Å². The zero-order chi connectivity index (χ0) is 10.7. The molecule has 15 heavy (non-hydrogen) atoms. The molecule has 1 heterocycles. The molecule has 3 nitrogen and oxygen atoms in total. The Labute approximate surface area is 90.9 Å². The molecule has 0 amide bonds. The van der Waals surface area contributed by atoms with Gasteiger partial charge in [-0.3, -0.25) is 4.98 Å². The van der Waals surface area contributed by atoms with Gasteiger partial charge in [0.15, 0.2) is 5.82 Å². The molecule has 1 aromatic carbocycles. The van der Waals surface area contributed by atoms with Crippen molar-refractivity contribution in [1.29, 1.82) is 0 Å².